The minimum Gasteiger partial charge on any atom is -0.353 e. The van der Waals surface area contributed by atoms with Crippen molar-refractivity contribution in [2.24, 2.45) is 5.73 Å². The number of thioether (sulfide) groups is 1. The summed E-state index contributed by atoms with van der Waals surface area (Å²) in [6.45, 7) is 4.53. The molecule has 2 rings (SSSR count). The Bertz CT molecular complexity index is 441. The summed E-state index contributed by atoms with van der Waals surface area (Å²) in [6, 6.07) is 0.706. The Balaban J connectivity index is 1.84. The maximum Gasteiger partial charge on any atom is 0.221 e. The zero-order valence-corrected chi connectivity index (χ0v) is 12.2. The molecule has 0 atom stereocenters. The minimum absolute atomic E-state index is 0.129. The van der Waals surface area contributed by atoms with Gasteiger partial charge >= 0.3 is 0 Å². The lowest BCUT2D eigenvalue weighted by Crippen LogP contribution is -2.25. The van der Waals surface area contributed by atoms with Gasteiger partial charge in [-0.3, -0.25) is 4.79 Å². The van der Waals surface area contributed by atoms with Crippen molar-refractivity contribution in [2.45, 2.75) is 56.9 Å². The number of aromatic nitrogens is 3. The van der Waals surface area contributed by atoms with Crippen LogP contribution >= 0.6 is 11.8 Å². The highest BCUT2D eigenvalue weighted by atomic mass is 32.2. The van der Waals surface area contributed by atoms with E-state index in [1.165, 1.54) is 0 Å². The summed E-state index contributed by atoms with van der Waals surface area (Å²) in [4.78, 5) is 11.6. The highest BCUT2D eigenvalue weighted by Crippen LogP contribution is 2.22. The molecule has 0 saturated heterocycles. The third-order valence-electron chi connectivity index (χ3n) is 2.94. The fraction of sp³-hybridized carbons (Fsp3) is 0.750. The van der Waals surface area contributed by atoms with Gasteiger partial charge in [0.05, 0.1) is 6.54 Å². The minimum atomic E-state index is 0.129. The molecule has 1 fully saturated rings. The zero-order chi connectivity index (χ0) is 13.8. The summed E-state index contributed by atoms with van der Waals surface area (Å²) < 4.78 is 2.03. The van der Waals surface area contributed by atoms with E-state index in [4.69, 9.17) is 5.73 Å². The van der Waals surface area contributed by atoms with Crippen LogP contribution in [-0.4, -0.2) is 32.5 Å². The van der Waals surface area contributed by atoms with E-state index in [2.05, 4.69) is 29.4 Å². The number of carbonyl (C=O) groups is 1. The van der Waals surface area contributed by atoms with E-state index >= 15 is 0 Å². The van der Waals surface area contributed by atoms with Gasteiger partial charge in [0.15, 0.2) is 5.16 Å². The van der Waals surface area contributed by atoms with Gasteiger partial charge in [-0.2, -0.15) is 0 Å². The van der Waals surface area contributed by atoms with Crippen molar-refractivity contribution < 1.29 is 4.79 Å². The number of hydrogen-bond acceptors (Lipinski definition) is 5. The molecule has 0 radical (unpaired) electrons. The fourth-order valence-electron chi connectivity index (χ4n) is 1.83. The van der Waals surface area contributed by atoms with Crippen LogP contribution in [0.15, 0.2) is 5.16 Å². The Hall–Kier alpha value is -1.08. The van der Waals surface area contributed by atoms with Gasteiger partial charge < -0.3 is 15.6 Å². The number of hydrogen-bond donors (Lipinski definition) is 2. The molecule has 1 aromatic rings. The van der Waals surface area contributed by atoms with Crippen LogP contribution < -0.4 is 11.1 Å². The van der Waals surface area contributed by atoms with Crippen molar-refractivity contribution in [2.75, 3.05) is 5.75 Å². The summed E-state index contributed by atoms with van der Waals surface area (Å²) in [7, 11) is 0. The first-order valence-electron chi connectivity index (χ1n) is 6.67. The Labute approximate surface area is 117 Å². The van der Waals surface area contributed by atoms with Crippen molar-refractivity contribution in [3.8, 4) is 0 Å². The van der Waals surface area contributed by atoms with Crippen LogP contribution in [0.4, 0.5) is 0 Å². The molecule has 0 aromatic carbocycles. The van der Waals surface area contributed by atoms with Gasteiger partial charge in [-0.25, -0.2) is 0 Å². The second-order valence-electron chi connectivity index (χ2n) is 5.01. The first-order chi connectivity index (χ1) is 9.11. The Kier molecular flexibility index (Phi) is 4.81. The molecule has 6 nitrogen and oxygen atoms in total. The largest absolute Gasteiger partial charge is 0.353 e. The molecule has 1 aliphatic carbocycles. The number of nitrogens with zero attached hydrogens (tertiary/aromatic N) is 3. The molecule has 106 valence electrons. The Morgan fingerprint density at radius 3 is 2.84 bits per heavy atom. The Morgan fingerprint density at radius 1 is 1.53 bits per heavy atom. The van der Waals surface area contributed by atoms with E-state index in [0.29, 0.717) is 24.8 Å². The summed E-state index contributed by atoms with van der Waals surface area (Å²) in [5, 5.41) is 12.0. The van der Waals surface area contributed by atoms with E-state index in [0.717, 1.165) is 23.8 Å². The molecule has 1 heterocycles. The van der Waals surface area contributed by atoms with E-state index in [1.807, 2.05) is 4.57 Å². The highest BCUT2D eigenvalue weighted by molar-refractivity contribution is 7.99. The normalized spacial score (nSPS) is 14.9. The molecule has 3 N–H and O–H groups in total. The fourth-order valence-corrected chi connectivity index (χ4v) is 2.85. The molecule has 1 aliphatic rings. The second-order valence-corrected chi connectivity index (χ2v) is 6.07. The van der Waals surface area contributed by atoms with Gasteiger partial charge in [0.2, 0.25) is 5.91 Å². The summed E-state index contributed by atoms with van der Waals surface area (Å²) in [6.07, 6.45) is 2.77. The Morgan fingerprint density at radius 2 is 2.26 bits per heavy atom. The van der Waals surface area contributed by atoms with Crippen LogP contribution in [-0.2, 0) is 11.3 Å². The standard InChI is InChI=1S/C12H21N5OS/c1-8(2)17-10(7-13)15-16-12(17)19-6-5-11(18)14-9-3-4-9/h8-9H,3-7,13H2,1-2H3,(H,14,18). The van der Waals surface area contributed by atoms with Crippen LogP contribution in [0.2, 0.25) is 0 Å². The second kappa shape index (κ2) is 6.38. The third kappa shape index (κ3) is 3.94. The van der Waals surface area contributed by atoms with Gasteiger partial charge in [-0.05, 0) is 26.7 Å². The van der Waals surface area contributed by atoms with Crippen molar-refractivity contribution in [1.82, 2.24) is 20.1 Å². The molecule has 0 unspecified atom stereocenters. The molecule has 1 amide bonds. The average molecular weight is 283 g/mol. The summed E-state index contributed by atoms with van der Waals surface area (Å²) >= 11 is 1.56. The van der Waals surface area contributed by atoms with Crippen molar-refractivity contribution in [1.29, 1.82) is 0 Å². The first kappa shape index (κ1) is 14.3. The lowest BCUT2D eigenvalue weighted by Gasteiger charge is -2.12. The number of nitrogens with two attached hydrogens (primary N) is 1. The number of carbonyl (C=O) groups excluding carboxylic acids is 1. The van der Waals surface area contributed by atoms with Crippen LogP contribution in [0.1, 0.15) is 45.0 Å². The predicted molar refractivity (Wildman–Crippen MR) is 74.8 cm³/mol. The van der Waals surface area contributed by atoms with Gasteiger partial charge in [-0.1, -0.05) is 11.8 Å². The molecule has 19 heavy (non-hydrogen) atoms. The zero-order valence-electron chi connectivity index (χ0n) is 11.4. The topological polar surface area (TPSA) is 85.8 Å². The maximum atomic E-state index is 11.6. The SMILES string of the molecule is CC(C)n1c(CN)nnc1SCCC(=O)NC1CC1. The van der Waals surface area contributed by atoms with Crippen LogP contribution in [0.5, 0.6) is 0 Å². The van der Waals surface area contributed by atoms with Gasteiger partial charge in [0, 0.05) is 24.3 Å². The summed E-state index contributed by atoms with van der Waals surface area (Å²) in [5.41, 5.74) is 5.64. The van der Waals surface area contributed by atoms with Crippen LogP contribution in [0.25, 0.3) is 0 Å². The van der Waals surface area contributed by atoms with Crippen molar-refractivity contribution >= 4 is 17.7 Å². The molecule has 1 aromatic heterocycles. The molecule has 1 saturated carbocycles. The molecular formula is C12H21N5OS. The quantitative estimate of drug-likeness (QED) is 0.731. The van der Waals surface area contributed by atoms with E-state index in [9.17, 15) is 4.79 Å². The van der Waals surface area contributed by atoms with Crippen molar-refractivity contribution in [3.63, 3.8) is 0 Å². The monoisotopic (exact) mass is 283 g/mol. The van der Waals surface area contributed by atoms with E-state index in [-0.39, 0.29) is 11.9 Å². The first-order valence-corrected chi connectivity index (χ1v) is 7.66. The molecule has 0 aliphatic heterocycles. The van der Waals surface area contributed by atoms with Gasteiger partial charge in [0.25, 0.3) is 0 Å². The number of rotatable bonds is 7. The molecule has 7 heteroatoms. The molecule has 0 spiro atoms. The van der Waals surface area contributed by atoms with Gasteiger partial charge in [-0.15, -0.1) is 10.2 Å². The third-order valence-corrected chi connectivity index (χ3v) is 3.88. The number of amides is 1. The smallest absolute Gasteiger partial charge is 0.221 e. The maximum absolute atomic E-state index is 11.6. The lowest BCUT2D eigenvalue weighted by molar-refractivity contribution is -0.120. The molecule has 0 bridgehead atoms. The van der Waals surface area contributed by atoms with Gasteiger partial charge in [0.1, 0.15) is 5.82 Å². The van der Waals surface area contributed by atoms with Crippen molar-refractivity contribution in [3.05, 3.63) is 5.82 Å². The van der Waals surface area contributed by atoms with E-state index in [1.54, 1.807) is 11.8 Å². The van der Waals surface area contributed by atoms with Crippen LogP contribution in [0, 0.1) is 0 Å². The summed E-state index contributed by atoms with van der Waals surface area (Å²) in [5.74, 6) is 1.64. The lowest BCUT2D eigenvalue weighted by atomic mass is 10.4. The highest BCUT2D eigenvalue weighted by Gasteiger charge is 2.23. The number of nitrogens with one attached hydrogen (secondary N) is 1. The predicted octanol–water partition coefficient (Wildman–Crippen LogP) is 1.08. The van der Waals surface area contributed by atoms with E-state index < -0.39 is 0 Å². The van der Waals surface area contributed by atoms with Crippen LogP contribution in [0.3, 0.4) is 0 Å². The average Bonchev–Trinajstić information content (AvgIpc) is 3.06. The molecular weight excluding hydrogens is 262 g/mol.